The van der Waals surface area contributed by atoms with E-state index < -0.39 is 24.4 Å². The van der Waals surface area contributed by atoms with Gasteiger partial charge in [-0.3, -0.25) is 9.48 Å². The highest BCUT2D eigenvalue weighted by molar-refractivity contribution is 5.94. The summed E-state index contributed by atoms with van der Waals surface area (Å²) in [6.45, 7) is -1.11. The summed E-state index contributed by atoms with van der Waals surface area (Å²) in [4.78, 5) is 12.0. The van der Waals surface area contributed by atoms with Gasteiger partial charge in [0.2, 0.25) is 0 Å². The number of halogens is 5. The van der Waals surface area contributed by atoms with Crippen LogP contribution in [0.4, 0.5) is 22.0 Å². The minimum Gasteiger partial charge on any atom is -0.435 e. The van der Waals surface area contributed by atoms with Crippen LogP contribution in [0.25, 0.3) is 0 Å². The van der Waals surface area contributed by atoms with E-state index in [0.717, 1.165) is 6.07 Å². The van der Waals surface area contributed by atoms with Gasteiger partial charge in [0.25, 0.3) is 5.91 Å². The van der Waals surface area contributed by atoms with Gasteiger partial charge in [0, 0.05) is 24.3 Å². The van der Waals surface area contributed by atoms with E-state index in [1.807, 2.05) is 0 Å². The minimum absolute atomic E-state index is 0.137. The summed E-state index contributed by atoms with van der Waals surface area (Å²) in [7, 11) is 0. The van der Waals surface area contributed by atoms with Crippen LogP contribution < -0.4 is 10.1 Å². The third-order valence-corrected chi connectivity index (χ3v) is 3.43. The molecule has 1 heterocycles. The molecule has 1 aromatic carbocycles. The second-order valence-corrected chi connectivity index (χ2v) is 5.41. The zero-order valence-corrected chi connectivity index (χ0v) is 13.7. The number of amides is 1. The second-order valence-electron chi connectivity index (χ2n) is 5.41. The van der Waals surface area contributed by atoms with Crippen LogP contribution in [0.2, 0.25) is 0 Å². The average molecular weight is 377 g/mol. The molecule has 0 saturated heterocycles. The zero-order valence-electron chi connectivity index (χ0n) is 13.7. The van der Waals surface area contributed by atoms with Crippen molar-refractivity contribution in [2.45, 2.75) is 32.7 Å². The lowest BCUT2D eigenvalue weighted by Gasteiger charge is -2.09. The van der Waals surface area contributed by atoms with E-state index in [0.29, 0.717) is 12.1 Å². The fourth-order valence-electron chi connectivity index (χ4n) is 2.22. The maximum absolute atomic E-state index is 12.6. The van der Waals surface area contributed by atoms with Crippen LogP contribution in [-0.2, 0) is 12.7 Å². The van der Waals surface area contributed by atoms with Gasteiger partial charge in [0.15, 0.2) is 5.69 Å². The van der Waals surface area contributed by atoms with E-state index in [2.05, 4.69) is 15.2 Å². The Morgan fingerprint density at radius 1 is 1.31 bits per heavy atom. The van der Waals surface area contributed by atoms with E-state index in [1.54, 1.807) is 0 Å². The highest BCUT2D eigenvalue weighted by Gasteiger charge is 2.34. The molecular weight excluding hydrogens is 361 g/mol. The Morgan fingerprint density at radius 3 is 2.65 bits per heavy atom. The van der Waals surface area contributed by atoms with E-state index >= 15 is 0 Å². The number of aromatic nitrogens is 2. The number of hydrogen-bond acceptors (Lipinski definition) is 3. The van der Waals surface area contributed by atoms with Crippen molar-refractivity contribution in [2.75, 3.05) is 6.54 Å². The van der Waals surface area contributed by atoms with Gasteiger partial charge in [-0.05, 0) is 37.6 Å². The molecule has 0 aliphatic heterocycles. The van der Waals surface area contributed by atoms with Gasteiger partial charge in [0.1, 0.15) is 5.75 Å². The standard InChI is InChI=1S/C16H16F5N3O2/c1-10-8-13(16(19,20)21)23-24(10)7-3-6-22-14(25)11-4-2-5-12(9-11)26-15(17)18/h2,4-5,8-9,15H,3,6-7H2,1H3,(H,22,25). The van der Waals surface area contributed by atoms with Gasteiger partial charge >= 0.3 is 12.8 Å². The van der Waals surface area contributed by atoms with Crippen LogP contribution in [0.5, 0.6) is 5.75 Å². The summed E-state index contributed by atoms with van der Waals surface area (Å²) >= 11 is 0. The molecule has 0 aliphatic rings. The molecule has 1 amide bonds. The number of aryl methyl sites for hydroxylation is 2. The maximum Gasteiger partial charge on any atom is 0.435 e. The maximum atomic E-state index is 12.6. The summed E-state index contributed by atoms with van der Waals surface area (Å²) in [5.41, 5.74) is -0.465. The van der Waals surface area contributed by atoms with Crippen molar-refractivity contribution in [3.05, 3.63) is 47.3 Å². The van der Waals surface area contributed by atoms with Crippen LogP contribution >= 0.6 is 0 Å². The van der Waals surface area contributed by atoms with Crippen molar-refractivity contribution in [1.29, 1.82) is 0 Å². The Kier molecular flexibility index (Phi) is 6.17. The van der Waals surface area contributed by atoms with E-state index in [4.69, 9.17) is 0 Å². The second kappa shape index (κ2) is 8.15. The lowest BCUT2D eigenvalue weighted by molar-refractivity contribution is -0.141. The van der Waals surface area contributed by atoms with Crippen LogP contribution in [0.1, 0.15) is 28.2 Å². The third-order valence-electron chi connectivity index (χ3n) is 3.43. The fourth-order valence-corrected chi connectivity index (χ4v) is 2.22. The molecule has 0 aliphatic carbocycles. The number of benzene rings is 1. The molecule has 142 valence electrons. The smallest absolute Gasteiger partial charge is 0.435 e. The topological polar surface area (TPSA) is 56.2 Å². The van der Waals surface area contributed by atoms with E-state index in [9.17, 15) is 26.7 Å². The van der Waals surface area contributed by atoms with Gasteiger partial charge in [0.05, 0.1) is 0 Å². The van der Waals surface area contributed by atoms with Crippen molar-refractivity contribution in [1.82, 2.24) is 15.1 Å². The normalized spacial score (nSPS) is 11.7. The largest absolute Gasteiger partial charge is 0.435 e. The first-order valence-electron chi connectivity index (χ1n) is 7.61. The first kappa shape index (κ1) is 19.7. The first-order chi connectivity index (χ1) is 12.2. The van der Waals surface area contributed by atoms with E-state index in [1.165, 1.54) is 35.9 Å². The molecule has 0 unspecified atom stereocenters. The van der Waals surface area contributed by atoms with E-state index in [-0.39, 0.29) is 24.4 Å². The molecule has 0 radical (unpaired) electrons. The number of alkyl halides is 5. The number of rotatable bonds is 7. The van der Waals surface area contributed by atoms with Gasteiger partial charge in [-0.25, -0.2) is 0 Å². The Labute approximate surface area is 145 Å². The minimum atomic E-state index is -4.50. The van der Waals surface area contributed by atoms with Crippen LogP contribution in [0.3, 0.4) is 0 Å². The summed E-state index contributed by atoms with van der Waals surface area (Å²) in [5, 5.41) is 6.05. The fraction of sp³-hybridized carbons (Fsp3) is 0.375. The number of ether oxygens (including phenoxy) is 1. The van der Waals surface area contributed by atoms with Crippen LogP contribution in [-0.4, -0.2) is 28.8 Å². The van der Waals surface area contributed by atoms with Crippen LogP contribution in [0, 0.1) is 6.92 Å². The molecule has 0 fully saturated rings. The number of hydrogen-bond donors (Lipinski definition) is 1. The number of nitrogens with zero attached hydrogens (tertiary/aromatic N) is 2. The molecule has 2 rings (SSSR count). The molecule has 26 heavy (non-hydrogen) atoms. The van der Waals surface area contributed by atoms with Crippen LogP contribution in [0.15, 0.2) is 30.3 Å². The molecule has 10 heteroatoms. The summed E-state index contributed by atoms with van der Waals surface area (Å²) in [5.74, 6) is -0.641. The number of carbonyl (C=O) groups excluding carboxylic acids is 1. The lowest BCUT2D eigenvalue weighted by atomic mass is 10.2. The SMILES string of the molecule is Cc1cc(C(F)(F)F)nn1CCCNC(=O)c1cccc(OC(F)F)c1. The Bertz CT molecular complexity index is 759. The summed E-state index contributed by atoms with van der Waals surface area (Å²) in [6.07, 6.45) is -4.16. The monoisotopic (exact) mass is 377 g/mol. The molecule has 5 nitrogen and oxygen atoms in total. The predicted octanol–water partition coefficient (Wildman–Crippen LogP) is 3.63. The number of nitrogens with one attached hydrogen (secondary N) is 1. The quantitative estimate of drug-likeness (QED) is 0.592. The summed E-state index contributed by atoms with van der Waals surface area (Å²) < 4.78 is 67.5. The predicted molar refractivity (Wildman–Crippen MR) is 82.0 cm³/mol. The molecular formula is C16H16F5N3O2. The highest BCUT2D eigenvalue weighted by Crippen LogP contribution is 2.28. The Morgan fingerprint density at radius 2 is 2.04 bits per heavy atom. The molecule has 1 aromatic heterocycles. The van der Waals surface area contributed by atoms with Gasteiger partial charge in [-0.1, -0.05) is 6.07 Å². The molecule has 0 bridgehead atoms. The molecule has 0 saturated carbocycles. The molecule has 0 atom stereocenters. The lowest BCUT2D eigenvalue weighted by Crippen LogP contribution is -2.25. The number of carbonyl (C=O) groups is 1. The Hall–Kier alpha value is -2.65. The van der Waals surface area contributed by atoms with Crippen molar-refractivity contribution >= 4 is 5.91 Å². The Balaban J connectivity index is 1.85. The van der Waals surface area contributed by atoms with Gasteiger partial charge in [-0.2, -0.15) is 27.1 Å². The molecule has 2 aromatic rings. The third kappa shape index (κ3) is 5.43. The molecule has 1 N–H and O–H groups in total. The van der Waals surface area contributed by atoms with Crippen molar-refractivity contribution in [2.24, 2.45) is 0 Å². The van der Waals surface area contributed by atoms with Gasteiger partial charge < -0.3 is 10.1 Å². The summed E-state index contributed by atoms with van der Waals surface area (Å²) in [6, 6.07) is 6.25. The highest BCUT2D eigenvalue weighted by atomic mass is 19.4. The first-order valence-corrected chi connectivity index (χ1v) is 7.61. The molecule has 0 spiro atoms. The van der Waals surface area contributed by atoms with Gasteiger partial charge in [-0.15, -0.1) is 0 Å². The van der Waals surface area contributed by atoms with Crippen molar-refractivity contribution in [3.63, 3.8) is 0 Å². The zero-order chi connectivity index (χ0) is 19.3. The van der Waals surface area contributed by atoms with Crippen molar-refractivity contribution in [3.8, 4) is 5.75 Å². The van der Waals surface area contributed by atoms with Crippen molar-refractivity contribution < 1.29 is 31.5 Å². The average Bonchev–Trinajstić information content (AvgIpc) is 2.92.